The lowest BCUT2D eigenvalue weighted by atomic mass is 10.00. The molecule has 0 unspecified atom stereocenters. The first-order valence-corrected chi connectivity index (χ1v) is 12.1. The van der Waals surface area contributed by atoms with E-state index in [0.717, 1.165) is 17.4 Å². The first kappa shape index (κ1) is 28.7. The smallest absolute Gasteiger partial charge is 0.338 e. The van der Waals surface area contributed by atoms with Crippen LogP contribution in [0, 0.1) is 0 Å². The number of nitrogens with one attached hydrogen (secondary N) is 1. The molecule has 0 aliphatic heterocycles. The fraction of sp³-hybridized carbons (Fsp3) is 0.138. The Morgan fingerprint density at radius 3 is 2.21 bits per heavy atom. The van der Waals surface area contributed by atoms with Crippen LogP contribution in [0.4, 0.5) is 0 Å². The van der Waals surface area contributed by atoms with Gasteiger partial charge in [0.15, 0.2) is 23.9 Å². The van der Waals surface area contributed by atoms with Gasteiger partial charge in [0, 0.05) is 17.5 Å². The molecule has 4 rings (SSSR count). The summed E-state index contributed by atoms with van der Waals surface area (Å²) in [6, 6.07) is 19.5. The molecule has 0 radical (unpaired) electrons. The van der Waals surface area contributed by atoms with E-state index in [-0.39, 0.29) is 11.9 Å². The Balaban J connectivity index is 0.00000400. The molecule has 0 bridgehead atoms. The van der Waals surface area contributed by atoms with Crippen LogP contribution in [0.5, 0.6) is 11.5 Å². The van der Waals surface area contributed by atoms with Crippen molar-refractivity contribution in [3.05, 3.63) is 111 Å². The van der Waals surface area contributed by atoms with Gasteiger partial charge in [0.1, 0.15) is 22.4 Å². The molecule has 4 aromatic rings. The molecule has 2 N–H and O–H groups in total. The van der Waals surface area contributed by atoms with Gasteiger partial charge in [-0.2, -0.15) is 0 Å². The Morgan fingerprint density at radius 2 is 1.55 bits per heavy atom. The summed E-state index contributed by atoms with van der Waals surface area (Å²) in [5.41, 5.74) is 3.82. The third-order valence-corrected chi connectivity index (χ3v) is 6.54. The first-order valence-electron chi connectivity index (χ1n) is 11.4. The van der Waals surface area contributed by atoms with Crippen LogP contribution in [0.2, 0.25) is 10.0 Å². The minimum absolute atomic E-state index is 0. The predicted molar refractivity (Wildman–Crippen MR) is 144 cm³/mol. The van der Waals surface area contributed by atoms with Crippen LogP contribution in [-0.4, -0.2) is 32.0 Å². The Kier molecular flexibility index (Phi) is 9.85. The van der Waals surface area contributed by atoms with Gasteiger partial charge in [0.05, 0.1) is 19.8 Å². The number of aldehydes is 1. The summed E-state index contributed by atoms with van der Waals surface area (Å²) in [4.78, 5) is 27.4. The van der Waals surface area contributed by atoms with Crippen molar-refractivity contribution in [2.24, 2.45) is 0 Å². The van der Waals surface area contributed by atoms with Crippen molar-refractivity contribution in [3.63, 3.8) is 0 Å². The number of rotatable bonds is 9. The largest absolute Gasteiger partial charge is 0.870 e. The Morgan fingerprint density at radius 1 is 0.895 bits per heavy atom. The highest BCUT2D eigenvalue weighted by Crippen LogP contribution is 2.35. The quantitative estimate of drug-likeness (QED) is 0.178. The molecular formula is C29H25Cl2NO6. The number of carbonyl (C=O) groups is 2. The van der Waals surface area contributed by atoms with Crippen molar-refractivity contribution in [2.75, 3.05) is 14.2 Å². The zero-order chi connectivity index (χ0) is 26.4. The van der Waals surface area contributed by atoms with E-state index >= 15 is 0 Å². The molecule has 1 atom stereocenters. The number of halogens is 2. The Labute approximate surface area is 230 Å². The highest BCUT2D eigenvalue weighted by atomic mass is 35.5. The molecule has 0 fully saturated rings. The Hall–Kier alpha value is -3.91. The minimum atomic E-state index is -0.730. The second-order valence-electron chi connectivity index (χ2n) is 8.17. The molecule has 0 saturated heterocycles. The van der Waals surface area contributed by atoms with Crippen molar-refractivity contribution in [1.29, 1.82) is 0 Å². The fourth-order valence-corrected chi connectivity index (χ4v) is 4.48. The SMILES string of the molecule is COc1ccc([C@H](Cc2c(Cl)c[nH+]cc2Cl)OC(=O)c2cccc(-c3cccc(C=O)c3)c2)cc1OC.[OH-]. The maximum atomic E-state index is 13.4. The van der Waals surface area contributed by atoms with Gasteiger partial charge in [-0.25, -0.2) is 9.78 Å². The molecule has 0 saturated carbocycles. The molecule has 1 heterocycles. The van der Waals surface area contributed by atoms with Crippen LogP contribution in [0.15, 0.2) is 79.1 Å². The van der Waals surface area contributed by atoms with E-state index in [2.05, 4.69) is 4.98 Å². The minimum Gasteiger partial charge on any atom is -0.870 e. The predicted octanol–water partition coefficient (Wildman–Crippen LogP) is 6.27. The van der Waals surface area contributed by atoms with E-state index in [9.17, 15) is 9.59 Å². The molecule has 0 amide bonds. The first-order chi connectivity index (χ1) is 17.9. The monoisotopic (exact) mass is 553 g/mol. The average molecular weight is 554 g/mol. The maximum absolute atomic E-state index is 13.4. The normalized spacial score (nSPS) is 11.2. The molecule has 0 aliphatic carbocycles. The number of aromatic amines is 1. The van der Waals surface area contributed by atoms with Gasteiger partial charge in [-0.1, -0.05) is 59.6 Å². The molecule has 0 aliphatic rings. The van der Waals surface area contributed by atoms with E-state index in [4.69, 9.17) is 37.4 Å². The maximum Gasteiger partial charge on any atom is 0.338 e. The number of carbonyl (C=O) groups excluding carboxylic acids is 2. The molecule has 1 aromatic heterocycles. The van der Waals surface area contributed by atoms with Gasteiger partial charge in [0.2, 0.25) is 0 Å². The summed E-state index contributed by atoms with van der Waals surface area (Å²) in [6.45, 7) is 0. The fourth-order valence-electron chi connectivity index (χ4n) is 3.95. The van der Waals surface area contributed by atoms with E-state index in [1.807, 2.05) is 12.1 Å². The van der Waals surface area contributed by atoms with Crippen molar-refractivity contribution in [1.82, 2.24) is 0 Å². The highest BCUT2D eigenvalue weighted by Gasteiger charge is 2.24. The Bertz CT molecular complexity index is 1420. The van der Waals surface area contributed by atoms with Gasteiger partial charge in [-0.05, 0) is 47.0 Å². The number of pyridine rings is 1. The number of ether oxygens (including phenoxy) is 3. The van der Waals surface area contributed by atoms with Crippen molar-refractivity contribution in [2.45, 2.75) is 12.5 Å². The molecule has 0 spiro atoms. The number of hydrogen-bond donors (Lipinski definition) is 0. The average Bonchev–Trinajstić information content (AvgIpc) is 2.94. The second-order valence-corrected chi connectivity index (χ2v) is 8.98. The van der Waals surface area contributed by atoms with Gasteiger partial charge in [-0.15, -0.1) is 0 Å². The number of aromatic nitrogens is 1. The summed E-state index contributed by atoms with van der Waals surface area (Å²) < 4.78 is 16.8. The van der Waals surface area contributed by atoms with Gasteiger partial charge >= 0.3 is 5.97 Å². The molecule has 38 heavy (non-hydrogen) atoms. The van der Waals surface area contributed by atoms with Crippen LogP contribution in [0.25, 0.3) is 11.1 Å². The zero-order valence-electron chi connectivity index (χ0n) is 20.6. The number of methoxy groups -OCH3 is 2. The third kappa shape index (κ3) is 6.50. The van der Waals surface area contributed by atoms with Crippen LogP contribution in [-0.2, 0) is 11.2 Å². The molecule has 7 nitrogen and oxygen atoms in total. The number of hydrogen-bond acceptors (Lipinski definition) is 6. The van der Waals surface area contributed by atoms with Crippen molar-refractivity contribution in [3.8, 4) is 22.6 Å². The van der Waals surface area contributed by atoms with Gasteiger partial charge in [-0.3, -0.25) is 4.79 Å². The topological polar surface area (TPSA) is 106 Å². The van der Waals surface area contributed by atoms with Crippen molar-refractivity contribution < 1.29 is 34.3 Å². The van der Waals surface area contributed by atoms with Crippen LogP contribution in [0.1, 0.15) is 37.9 Å². The van der Waals surface area contributed by atoms with E-state index in [1.54, 1.807) is 74.1 Å². The van der Waals surface area contributed by atoms with Crippen LogP contribution in [0.3, 0.4) is 0 Å². The van der Waals surface area contributed by atoms with Gasteiger partial charge in [0.25, 0.3) is 0 Å². The molecule has 9 heteroatoms. The molecular weight excluding hydrogens is 529 g/mol. The number of H-pyrrole nitrogens is 1. The van der Waals surface area contributed by atoms with Crippen molar-refractivity contribution >= 4 is 35.5 Å². The van der Waals surface area contributed by atoms with Gasteiger partial charge < -0.3 is 19.7 Å². The number of benzene rings is 3. The summed E-state index contributed by atoms with van der Waals surface area (Å²) in [6.07, 6.45) is 3.52. The summed E-state index contributed by atoms with van der Waals surface area (Å²) in [5, 5.41) is 0.845. The lowest BCUT2D eigenvalue weighted by molar-refractivity contribution is -0.377. The van der Waals surface area contributed by atoms with Crippen LogP contribution < -0.4 is 14.5 Å². The zero-order valence-corrected chi connectivity index (χ0v) is 22.1. The molecule has 196 valence electrons. The summed E-state index contributed by atoms with van der Waals surface area (Å²) in [7, 11) is 3.08. The number of esters is 1. The summed E-state index contributed by atoms with van der Waals surface area (Å²) >= 11 is 12.8. The summed E-state index contributed by atoms with van der Waals surface area (Å²) in [5.74, 6) is 0.520. The van der Waals surface area contributed by atoms with E-state index < -0.39 is 12.1 Å². The molecule has 3 aromatic carbocycles. The van der Waals surface area contributed by atoms with Crippen LogP contribution >= 0.6 is 23.2 Å². The second kappa shape index (κ2) is 13.1. The lowest BCUT2D eigenvalue weighted by Crippen LogP contribution is -2.16. The highest BCUT2D eigenvalue weighted by molar-refractivity contribution is 6.35. The lowest BCUT2D eigenvalue weighted by Gasteiger charge is -2.21. The van der Waals surface area contributed by atoms with E-state index in [0.29, 0.717) is 43.8 Å². The standard InChI is InChI=1S/C29H23Cl2NO5.H2O/c1-35-26-10-9-21(13-28(26)36-2)27(14-23-24(30)15-32-16-25(23)31)37-29(34)22-8-4-7-20(12-22)19-6-3-5-18(11-19)17-33;/h3-13,15-17,27H,14H2,1-2H3;1H2/t27-;/m0./s1. The van der Waals surface area contributed by atoms with E-state index in [1.165, 1.54) is 7.11 Å². The third-order valence-electron chi connectivity index (χ3n) is 5.87.